The van der Waals surface area contributed by atoms with Gasteiger partial charge in [0.1, 0.15) is 0 Å². The Morgan fingerprint density at radius 3 is 2.52 bits per heavy atom. The van der Waals surface area contributed by atoms with Crippen LogP contribution in [-0.4, -0.2) is 13.1 Å². The zero-order chi connectivity index (χ0) is 15.4. The summed E-state index contributed by atoms with van der Waals surface area (Å²) in [5.41, 5.74) is 1.21. The Morgan fingerprint density at radius 2 is 1.86 bits per heavy atom. The molecule has 0 aromatic heterocycles. The molecule has 2 rings (SSSR count). The Balaban J connectivity index is 2.39. The van der Waals surface area contributed by atoms with E-state index in [1.807, 2.05) is 0 Å². The standard InChI is InChI=1S/C15H12Cl3NO2/c1-21-15(20)14(11-6-3-7-12(17)13(11)18)19-10-5-2-4-9(16)8-10/h2-8,14,19H,1H3. The third-order valence-electron chi connectivity index (χ3n) is 2.86. The minimum atomic E-state index is -0.778. The molecule has 0 radical (unpaired) electrons. The summed E-state index contributed by atoms with van der Waals surface area (Å²) in [6, 6.07) is 11.3. The minimum absolute atomic E-state index is 0.309. The second-order valence-corrected chi connectivity index (χ2v) is 5.48. The van der Waals surface area contributed by atoms with E-state index >= 15 is 0 Å². The highest BCUT2D eigenvalue weighted by Crippen LogP contribution is 2.32. The summed E-state index contributed by atoms with van der Waals surface area (Å²) in [4.78, 5) is 12.0. The highest BCUT2D eigenvalue weighted by atomic mass is 35.5. The summed E-state index contributed by atoms with van der Waals surface area (Å²) in [6.45, 7) is 0. The number of hydrogen-bond donors (Lipinski definition) is 1. The van der Waals surface area contributed by atoms with Gasteiger partial charge in [0.15, 0.2) is 6.04 Å². The van der Waals surface area contributed by atoms with Crippen molar-refractivity contribution in [2.24, 2.45) is 0 Å². The van der Waals surface area contributed by atoms with Crippen LogP contribution in [0.4, 0.5) is 5.69 Å². The molecule has 0 spiro atoms. The van der Waals surface area contributed by atoms with Crippen LogP contribution in [0.5, 0.6) is 0 Å². The Morgan fingerprint density at radius 1 is 1.14 bits per heavy atom. The maximum atomic E-state index is 12.0. The topological polar surface area (TPSA) is 38.3 Å². The molecule has 1 unspecified atom stereocenters. The van der Waals surface area contributed by atoms with Crippen molar-refractivity contribution in [2.45, 2.75) is 6.04 Å². The third kappa shape index (κ3) is 3.82. The molecule has 0 saturated heterocycles. The van der Waals surface area contributed by atoms with Crippen LogP contribution in [-0.2, 0) is 9.53 Å². The van der Waals surface area contributed by atoms with Gasteiger partial charge in [-0.2, -0.15) is 0 Å². The van der Waals surface area contributed by atoms with Gasteiger partial charge >= 0.3 is 5.97 Å². The summed E-state index contributed by atoms with van der Waals surface area (Å²) in [5, 5.41) is 4.29. The first-order valence-corrected chi connectivity index (χ1v) is 7.20. The number of rotatable bonds is 4. The summed E-state index contributed by atoms with van der Waals surface area (Å²) in [5.74, 6) is -0.473. The maximum absolute atomic E-state index is 12.0. The molecular weight excluding hydrogens is 333 g/mol. The molecule has 2 aromatic rings. The van der Waals surface area contributed by atoms with Crippen LogP contribution < -0.4 is 5.32 Å². The van der Waals surface area contributed by atoms with Crippen molar-refractivity contribution in [2.75, 3.05) is 12.4 Å². The van der Waals surface area contributed by atoms with Crippen molar-refractivity contribution < 1.29 is 9.53 Å². The van der Waals surface area contributed by atoms with Gasteiger partial charge in [-0.15, -0.1) is 0 Å². The Kier molecular flexibility index (Phi) is 5.34. The van der Waals surface area contributed by atoms with Crippen molar-refractivity contribution in [1.29, 1.82) is 0 Å². The molecule has 21 heavy (non-hydrogen) atoms. The number of carbonyl (C=O) groups is 1. The van der Waals surface area contributed by atoms with Crippen molar-refractivity contribution in [1.82, 2.24) is 0 Å². The number of hydrogen-bond acceptors (Lipinski definition) is 3. The van der Waals surface area contributed by atoms with Gasteiger partial charge in [0.05, 0.1) is 17.2 Å². The van der Waals surface area contributed by atoms with E-state index in [2.05, 4.69) is 5.32 Å². The Labute approximate surface area is 137 Å². The van der Waals surface area contributed by atoms with Gasteiger partial charge < -0.3 is 10.1 Å². The highest BCUT2D eigenvalue weighted by molar-refractivity contribution is 6.42. The molecule has 3 nitrogen and oxygen atoms in total. The SMILES string of the molecule is COC(=O)C(Nc1cccc(Cl)c1)c1cccc(Cl)c1Cl. The average Bonchev–Trinajstić information content (AvgIpc) is 2.47. The summed E-state index contributed by atoms with van der Waals surface area (Å²) in [6.07, 6.45) is 0. The van der Waals surface area contributed by atoms with Gasteiger partial charge in [0, 0.05) is 16.3 Å². The average molecular weight is 345 g/mol. The first-order valence-electron chi connectivity index (χ1n) is 6.06. The van der Waals surface area contributed by atoms with Crippen molar-refractivity contribution >= 4 is 46.5 Å². The van der Waals surface area contributed by atoms with Gasteiger partial charge in [-0.3, -0.25) is 0 Å². The van der Waals surface area contributed by atoms with Crippen LogP contribution in [0.3, 0.4) is 0 Å². The van der Waals surface area contributed by atoms with Gasteiger partial charge in [-0.25, -0.2) is 4.79 Å². The third-order valence-corrected chi connectivity index (χ3v) is 3.93. The lowest BCUT2D eigenvalue weighted by atomic mass is 10.1. The van der Waals surface area contributed by atoms with E-state index in [0.717, 1.165) is 0 Å². The lowest BCUT2D eigenvalue weighted by molar-refractivity contribution is -0.141. The number of methoxy groups -OCH3 is 1. The molecule has 6 heteroatoms. The zero-order valence-corrected chi connectivity index (χ0v) is 13.3. The fraction of sp³-hybridized carbons (Fsp3) is 0.133. The number of carbonyl (C=O) groups excluding carboxylic acids is 1. The van der Waals surface area contributed by atoms with E-state index in [9.17, 15) is 4.79 Å². The highest BCUT2D eigenvalue weighted by Gasteiger charge is 2.24. The van der Waals surface area contributed by atoms with Crippen molar-refractivity contribution in [3.8, 4) is 0 Å². The quantitative estimate of drug-likeness (QED) is 0.796. The predicted octanol–water partition coefficient (Wildman–Crippen LogP) is 4.97. The zero-order valence-electron chi connectivity index (χ0n) is 11.1. The van der Waals surface area contributed by atoms with Crippen molar-refractivity contribution in [3.05, 3.63) is 63.1 Å². The molecule has 0 fully saturated rings. The molecule has 1 atom stereocenters. The first-order chi connectivity index (χ1) is 10.0. The number of halogens is 3. The molecule has 0 heterocycles. The smallest absolute Gasteiger partial charge is 0.333 e. The van der Waals surface area contributed by atoms with Gasteiger partial charge in [0.2, 0.25) is 0 Å². The van der Waals surface area contributed by atoms with Crippen LogP contribution in [0.25, 0.3) is 0 Å². The van der Waals surface area contributed by atoms with E-state index in [0.29, 0.717) is 26.3 Å². The molecule has 0 aliphatic rings. The molecule has 0 bridgehead atoms. The van der Waals surface area contributed by atoms with E-state index < -0.39 is 12.0 Å². The van der Waals surface area contributed by atoms with Crippen LogP contribution in [0.15, 0.2) is 42.5 Å². The number of esters is 1. The number of ether oxygens (including phenoxy) is 1. The Hall–Kier alpha value is -1.42. The van der Waals surface area contributed by atoms with E-state index in [1.165, 1.54) is 7.11 Å². The van der Waals surface area contributed by atoms with Crippen LogP contribution in [0.2, 0.25) is 15.1 Å². The van der Waals surface area contributed by atoms with Gasteiger partial charge in [-0.1, -0.05) is 53.0 Å². The molecule has 1 N–H and O–H groups in total. The first kappa shape index (κ1) is 16.0. The maximum Gasteiger partial charge on any atom is 0.333 e. The summed E-state index contributed by atoms with van der Waals surface area (Å²) in [7, 11) is 1.31. The summed E-state index contributed by atoms with van der Waals surface area (Å²) < 4.78 is 4.83. The molecule has 0 saturated carbocycles. The van der Waals surface area contributed by atoms with Crippen LogP contribution in [0.1, 0.15) is 11.6 Å². The fourth-order valence-electron chi connectivity index (χ4n) is 1.87. The molecule has 110 valence electrons. The number of anilines is 1. The fourth-order valence-corrected chi connectivity index (χ4v) is 2.48. The predicted molar refractivity (Wildman–Crippen MR) is 86.3 cm³/mol. The molecule has 0 amide bonds. The Bertz CT molecular complexity index is 661. The lowest BCUT2D eigenvalue weighted by Gasteiger charge is -2.19. The van der Waals surface area contributed by atoms with Crippen LogP contribution >= 0.6 is 34.8 Å². The largest absolute Gasteiger partial charge is 0.467 e. The summed E-state index contributed by atoms with van der Waals surface area (Å²) >= 11 is 18.1. The van der Waals surface area contributed by atoms with Crippen LogP contribution in [0, 0.1) is 0 Å². The molecule has 0 aliphatic heterocycles. The second-order valence-electron chi connectivity index (χ2n) is 4.25. The van der Waals surface area contributed by atoms with E-state index in [1.54, 1.807) is 42.5 Å². The second kappa shape index (κ2) is 7.03. The van der Waals surface area contributed by atoms with Gasteiger partial charge in [-0.05, 0) is 24.3 Å². The molecular formula is C15H12Cl3NO2. The monoisotopic (exact) mass is 343 g/mol. The number of benzene rings is 2. The normalized spacial score (nSPS) is 11.8. The number of nitrogens with one attached hydrogen (secondary N) is 1. The van der Waals surface area contributed by atoms with Crippen molar-refractivity contribution in [3.63, 3.8) is 0 Å². The van der Waals surface area contributed by atoms with E-state index in [4.69, 9.17) is 39.5 Å². The lowest BCUT2D eigenvalue weighted by Crippen LogP contribution is -2.22. The van der Waals surface area contributed by atoms with E-state index in [-0.39, 0.29) is 0 Å². The minimum Gasteiger partial charge on any atom is -0.467 e. The molecule has 0 aliphatic carbocycles. The molecule has 2 aromatic carbocycles. The van der Waals surface area contributed by atoms with Gasteiger partial charge in [0.25, 0.3) is 0 Å².